The molecule has 0 bridgehead atoms. The summed E-state index contributed by atoms with van der Waals surface area (Å²) in [5.41, 5.74) is 0.321. The number of carboxylic acid groups (broad SMARTS) is 1. The Hall–Kier alpha value is -3.01. The molecule has 110 valence electrons. The zero-order valence-electron chi connectivity index (χ0n) is 11.4. The van der Waals surface area contributed by atoms with E-state index in [-0.39, 0.29) is 23.7 Å². The van der Waals surface area contributed by atoms with Gasteiger partial charge in [0.1, 0.15) is 0 Å². The van der Waals surface area contributed by atoms with Crippen molar-refractivity contribution in [2.75, 3.05) is 17.2 Å². The van der Waals surface area contributed by atoms with Crippen LogP contribution in [0.25, 0.3) is 0 Å². The third kappa shape index (κ3) is 5.24. The van der Waals surface area contributed by atoms with Crippen LogP contribution >= 0.6 is 0 Å². The van der Waals surface area contributed by atoms with E-state index in [1.54, 1.807) is 0 Å². The Labute approximate surface area is 121 Å². The van der Waals surface area contributed by atoms with Gasteiger partial charge in [-0.1, -0.05) is 0 Å². The number of hydrogen-bond donors (Lipinski definition) is 4. The second kappa shape index (κ2) is 7.55. The van der Waals surface area contributed by atoms with E-state index in [2.05, 4.69) is 21.9 Å². The average molecular weight is 289 g/mol. The van der Waals surface area contributed by atoms with Gasteiger partial charge in [-0.3, -0.25) is 4.79 Å². The Morgan fingerprint density at radius 1 is 1.29 bits per heavy atom. The molecule has 3 amide bonds. The molecular weight excluding hydrogens is 274 g/mol. The van der Waals surface area contributed by atoms with E-state index in [1.165, 1.54) is 25.1 Å². The van der Waals surface area contributed by atoms with E-state index in [4.69, 9.17) is 11.5 Å². The first kappa shape index (κ1) is 16.0. The molecular formula is C14H15N3O4. The number of hydrogen-bond acceptors (Lipinski definition) is 3. The molecule has 21 heavy (non-hydrogen) atoms. The van der Waals surface area contributed by atoms with Crippen molar-refractivity contribution in [3.05, 3.63) is 23.8 Å². The van der Waals surface area contributed by atoms with Gasteiger partial charge in [-0.25, -0.2) is 9.59 Å². The van der Waals surface area contributed by atoms with Gasteiger partial charge in [0.05, 0.1) is 11.3 Å². The number of carbonyl (C=O) groups is 3. The minimum Gasteiger partial charge on any atom is -0.478 e. The third-order valence-corrected chi connectivity index (χ3v) is 2.37. The van der Waals surface area contributed by atoms with Crippen LogP contribution in [-0.2, 0) is 4.79 Å². The van der Waals surface area contributed by atoms with Crippen LogP contribution in [0.5, 0.6) is 0 Å². The van der Waals surface area contributed by atoms with Crippen LogP contribution in [0.3, 0.4) is 0 Å². The molecule has 0 atom stereocenters. The molecule has 0 saturated heterocycles. The lowest BCUT2D eigenvalue weighted by Crippen LogP contribution is -2.30. The fourth-order valence-electron chi connectivity index (χ4n) is 1.53. The minimum atomic E-state index is -1.22. The van der Waals surface area contributed by atoms with E-state index in [0.29, 0.717) is 12.1 Å². The summed E-state index contributed by atoms with van der Waals surface area (Å²) in [6.07, 6.45) is 5.43. The summed E-state index contributed by atoms with van der Waals surface area (Å²) in [6.45, 7) is 1.60. The van der Waals surface area contributed by atoms with Gasteiger partial charge in [-0.05, 0) is 18.2 Å². The maximum Gasteiger partial charge on any atom is 0.337 e. The number of benzene rings is 1. The maximum atomic E-state index is 11.6. The molecule has 0 aliphatic carbocycles. The standard InChI is InChI=1S/C14H15N3O4/c1-3-4-7-15-14(21)17-12-6-5-10(16-9(2)18)8-11(12)13(19)20/h1,5-6,8H,4,7H2,2H3,(H,16,18)(H,19,20)(H2,15,17,21). The first-order valence-electron chi connectivity index (χ1n) is 6.07. The fourth-order valence-corrected chi connectivity index (χ4v) is 1.53. The normalized spacial score (nSPS) is 9.33. The van der Waals surface area contributed by atoms with Crippen molar-refractivity contribution < 1.29 is 19.5 Å². The molecule has 0 aliphatic rings. The lowest BCUT2D eigenvalue weighted by atomic mass is 10.1. The largest absolute Gasteiger partial charge is 0.478 e. The Balaban J connectivity index is 2.86. The highest BCUT2D eigenvalue weighted by molar-refractivity contribution is 6.01. The predicted octanol–water partition coefficient (Wildman–Crippen LogP) is 1.49. The zero-order valence-corrected chi connectivity index (χ0v) is 11.4. The van der Waals surface area contributed by atoms with Crippen LogP contribution in [0.4, 0.5) is 16.2 Å². The topological polar surface area (TPSA) is 108 Å². The van der Waals surface area contributed by atoms with Crippen molar-refractivity contribution in [1.29, 1.82) is 0 Å². The fraction of sp³-hybridized carbons (Fsp3) is 0.214. The van der Waals surface area contributed by atoms with Gasteiger partial charge in [0, 0.05) is 25.6 Å². The summed E-state index contributed by atoms with van der Waals surface area (Å²) in [4.78, 5) is 33.7. The molecule has 1 rings (SSSR count). The molecule has 0 aliphatic heterocycles. The highest BCUT2D eigenvalue weighted by atomic mass is 16.4. The summed E-state index contributed by atoms with van der Waals surface area (Å²) in [7, 11) is 0. The molecule has 0 heterocycles. The smallest absolute Gasteiger partial charge is 0.337 e. The van der Waals surface area contributed by atoms with Crippen molar-refractivity contribution in [1.82, 2.24) is 5.32 Å². The van der Waals surface area contributed by atoms with Crippen molar-refractivity contribution in [3.8, 4) is 12.3 Å². The van der Waals surface area contributed by atoms with Crippen LogP contribution in [0.15, 0.2) is 18.2 Å². The molecule has 0 radical (unpaired) electrons. The number of carbonyl (C=O) groups excluding carboxylic acids is 2. The van der Waals surface area contributed by atoms with Crippen LogP contribution in [-0.4, -0.2) is 29.6 Å². The van der Waals surface area contributed by atoms with Crippen LogP contribution in [0, 0.1) is 12.3 Å². The number of carboxylic acids is 1. The molecule has 7 heteroatoms. The highest BCUT2D eigenvalue weighted by Gasteiger charge is 2.13. The summed E-state index contributed by atoms with van der Waals surface area (Å²) in [6, 6.07) is 3.60. The van der Waals surface area contributed by atoms with Gasteiger partial charge < -0.3 is 21.1 Å². The summed E-state index contributed by atoms with van der Waals surface area (Å²) in [5, 5.41) is 16.5. The number of amides is 3. The van der Waals surface area contributed by atoms with Crippen molar-refractivity contribution in [2.45, 2.75) is 13.3 Å². The molecule has 1 aromatic rings. The number of anilines is 2. The first-order chi connectivity index (χ1) is 9.93. The van der Waals surface area contributed by atoms with Gasteiger partial charge in [-0.15, -0.1) is 12.3 Å². The number of aromatic carboxylic acids is 1. The van der Waals surface area contributed by atoms with Gasteiger partial charge in [-0.2, -0.15) is 0 Å². The SMILES string of the molecule is C#CCCNC(=O)Nc1ccc(NC(C)=O)cc1C(=O)O. The Bertz CT molecular complexity index is 605. The third-order valence-electron chi connectivity index (χ3n) is 2.37. The number of rotatable bonds is 5. The Morgan fingerprint density at radius 3 is 2.57 bits per heavy atom. The molecule has 0 unspecified atom stereocenters. The number of terminal acetylenes is 1. The maximum absolute atomic E-state index is 11.6. The first-order valence-corrected chi connectivity index (χ1v) is 6.07. The second-order valence-corrected chi connectivity index (χ2v) is 4.08. The van der Waals surface area contributed by atoms with Gasteiger partial charge in [0.15, 0.2) is 0 Å². The van der Waals surface area contributed by atoms with Crippen molar-refractivity contribution >= 4 is 29.3 Å². The summed E-state index contributed by atoms with van der Waals surface area (Å²) >= 11 is 0. The van der Waals surface area contributed by atoms with E-state index < -0.39 is 12.0 Å². The van der Waals surface area contributed by atoms with Crippen molar-refractivity contribution in [2.24, 2.45) is 0 Å². The van der Waals surface area contributed by atoms with Crippen LogP contribution < -0.4 is 16.0 Å². The van der Waals surface area contributed by atoms with Gasteiger partial charge >= 0.3 is 12.0 Å². The predicted molar refractivity (Wildman–Crippen MR) is 78.2 cm³/mol. The molecule has 0 aromatic heterocycles. The van der Waals surface area contributed by atoms with E-state index in [1.807, 2.05) is 0 Å². The molecule has 0 fully saturated rings. The van der Waals surface area contributed by atoms with E-state index in [9.17, 15) is 14.4 Å². The summed E-state index contributed by atoms with van der Waals surface area (Å²) in [5.74, 6) is 0.824. The lowest BCUT2D eigenvalue weighted by Gasteiger charge is -2.11. The van der Waals surface area contributed by atoms with Crippen molar-refractivity contribution in [3.63, 3.8) is 0 Å². The van der Waals surface area contributed by atoms with E-state index >= 15 is 0 Å². The van der Waals surface area contributed by atoms with E-state index in [0.717, 1.165) is 0 Å². The lowest BCUT2D eigenvalue weighted by molar-refractivity contribution is -0.114. The average Bonchev–Trinajstić information content (AvgIpc) is 2.40. The van der Waals surface area contributed by atoms with Gasteiger partial charge in [0.2, 0.25) is 5.91 Å². The molecule has 0 spiro atoms. The zero-order chi connectivity index (χ0) is 15.8. The second-order valence-electron chi connectivity index (χ2n) is 4.08. The number of nitrogens with one attached hydrogen (secondary N) is 3. The quantitative estimate of drug-likeness (QED) is 0.486. The van der Waals surface area contributed by atoms with Gasteiger partial charge in [0.25, 0.3) is 0 Å². The Morgan fingerprint density at radius 2 is 2.00 bits per heavy atom. The van der Waals surface area contributed by atoms with Crippen LogP contribution in [0.1, 0.15) is 23.7 Å². The minimum absolute atomic E-state index is 0.120. The molecule has 1 aromatic carbocycles. The molecule has 7 nitrogen and oxygen atoms in total. The Kier molecular flexibility index (Phi) is 5.77. The summed E-state index contributed by atoms with van der Waals surface area (Å²) < 4.78 is 0. The molecule has 0 saturated carbocycles. The molecule has 4 N–H and O–H groups in total. The number of urea groups is 1. The monoisotopic (exact) mass is 289 g/mol. The van der Waals surface area contributed by atoms with Crippen LogP contribution in [0.2, 0.25) is 0 Å². The highest BCUT2D eigenvalue weighted by Crippen LogP contribution is 2.20.